The van der Waals surface area contributed by atoms with E-state index >= 15 is 0 Å². The van der Waals surface area contributed by atoms with Gasteiger partial charge in [0, 0.05) is 26.2 Å². The highest BCUT2D eigenvalue weighted by Gasteiger charge is 2.08. The van der Waals surface area contributed by atoms with Crippen molar-refractivity contribution >= 4 is 29.9 Å². The quantitative estimate of drug-likeness (QED) is 0.431. The number of aliphatic imine (C=N–C) groups is 1. The Labute approximate surface area is 158 Å². The van der Waals surface area contributed by atoms with Crippen LogP contribution in [0, 0.1) is 11.6 Å². The molecule has 0 aliphatic heterocycles. The predicted octanol–water partition coefficient (Wildman–Crippen LogP) is 3.83. The van der Waals surface area contributed by atoms with Crippen molar-refractivity contribution in [3.8, 4) is 0 Å². The Kier molecular flexibility index (Phi) is 8.67. The fraction of sp³-hybridized carbons (Fsp3) is 0.278. The highest BCUT2D eigenvalue weighted by Crippen LogP contribution is 2.12. The van der Waals surface area contributed by atoms with Gasteiger partial charge in [-0.05, 0) is 24.1 Å². The average molecular weight is 445 g/mol. The summed E-state index contributed by atoms with van der Waals surface area (Å²) in [5.74, 6) is -0.343. The summed E-state index contributed by atoms with van der Waals surface area (Å²) in [5, 5.41) is 3.13. The molecule has 1 N–H and O–H groups in total. The van der Waals surface area contributed by atoms with Crippen LogP contribution in [0.15, 0.2) is 53.5 Å². The normalized spacial score (nSPS) is 10.9. The lowest BCUT2D eigenvalue weighted by atomic mass is 10.1. The van der Waals surface area contributed by atoms with E-state index in [1.165, 1.54) is 18.2 Å². The van der Waals surface area contributed by atoms with Crippen molar-refractivity contribution in [2.45, 2.75) is 13.0 Å². The van der Waals surface area contributed by atoms with Gasteiger partial charge >= 0.3 is 0 Å². The first kappa shape index (κ1) is 20.3. The second-order valence-electron chi connectivity index (χ2n) is 5.40. The van der Waals surface area contributed by atoms with Gasteiger partial charge in [-0.25, -0.2) is 13.8 Å². The van der Waals surface area contributed by atoms with Gasteiger partial charge in [0.05, 0.1) is 6.54 Å². The summed E-state index contributed by atoms with van der Waals surface area (Å²) >= 11 is 0. The highest BCUT2D eigenvalue weighted by atomic mass is 127. The van der Waals surface area contributed by atoms with Crippen molar-refractivity contribution in [2.24, 2.45) is 4.99 Å². The van der Waals surface area contributed by atoms with Crippen LogP contribution in [0.5, 0.6) is 0 Å². The highest BCUT2D eigenvalue weighted by molar-refractivity contribution is 14.0. The van der Waals surface area contributed by atoms with E-state index in [1.807, 2.05) is 49.3 Å². The molecule has 2 rings (SSSR count). The molecule has 0 atom stereocenters. The molecule has 130 valence electrons. The van der Waals surface area contributed by atoms with Crippen LogP contribution in [0.2, 0.25) is 0 Å². The Morgan fingerprint density at radius 3 is 2.21 bits per heavy atom. The van der Waals surface area contributed by atoms with Crippen LogP contribution in [-0.2, 0) is 13.0 Å². The molecule has 0 saturated heterocycles. The van der Waals surface area contributed by atoms with Crippen molar-refractivity contribution < 1.29 is 8.78 Å². The van der Waals surface area contributed by atoms with E-state index in [2.05, 4.69) is 10.3 Å². The summed E-state index contributed by atoms with van der Waals surface area (Å²) in [7, 11) is 3.75. The minimum Gasteiger partial charge on any atom is -0.356 e. The Morgan fingerprint density at radius 1 is 1.00 bits per heavy atom. The second kappa shape index (κ2) is 10.2. The van der Waals surface area contributed by atoms with E-state index in [1.54, 1.807) is 0 Å². The largest absolute Gasteiger partial charge is 0.356 e. The van der Waals surface area contributed by atoms with Crippen LogP contribution < -0.4 is 5.32 Å². The Balaban J connectivity index is 0.00000288. The smallest absolute Gasteiger partial charge is 0.193 e. The number of rotatable bonds is 5. The first-order chi connectivity index (χ1) is 11.1. The lowest BCUT2D eigenvalue weighted by molar-refractivity contribution is 0.545. The fourth-order valence-corrected chi connectivity index (χ4v) is 2.18. The Hall–Kier alpha value is -1.70. The third-order valence-electron chi connectivity index (χ3n) is 3.40. The zero-order valence-corrected chi connectivity index (χ0v) is 16.1. The van der Waals surface area contributed by atoms with Crippen LogP contribution in [-0.4, -0.2) is 31.5 Å². The molecule has 0 unspecified atom stereocenters. The molecule has 3 nitrogen and oxygen atoms in total. The van der Waals surface area contributed by atoms with Crippen LogP contribution in [0.1, 0.15) is 11.1 Å². The van der Waals surface area contributed by atoms with Crippen LogP contribution >= 0.6 is 24.0 Å². The lowest BCUT2D eigenvalue weighted by Crippen LogP contribution is -2.37. The average Bonchev–Trinajstić information content (AvgIpc) is 2.53. The monoisotopic (exact) mass is 445 g/mol. The van der Waals surface area contributed by atoms with Gasteiger partial charge in [0.2, 0.25) is 0 Å². The maximum absolute atomic E-state index is 13.6. The van der Waals surface area contributed by atoms with Gasteiger partial charge in [-0.3, -0.25) is 0 Å². The molecule has 0 fully saturated rings. The van der Waals surface area contributed by atoms with Gasteiger partial charge in [-0.1, -0.05) is 36.4 Å². The maximum Gasteiger partial charge on any atom is 0.193 e. The number of halogens is 3. The van der Waals surface area contributed by atoms with Crippen LogP contribution in [0.4, 0.5) is 8.78 Å². The molecule has 0 bridgehead atoms. The molecule has 0 saturated carbocycles. The number of hydrogen-bond donors (Lipinski definition) is 1. The molecule has 24 heavy (non-hydrogen) atoms. The van der Waals surface area contributed by atoms with Crippen molar-refractivity contribution in [3.63, 3.8) is 0 Å². The molecule has 6 heteroatoms. The van der Waals surface area contributed by atoms with Gasteiger partial charge < -0.3 is 10.2 Å². The number of guanidine groups is 1. The van der Waals surface area contributed by atoms with Crippen molar-refractivity contribution in [3.05, 3.63) is 71.3 Å². The van der Waals surface area contributed by atoms with Gasteiger partial charge in [0.15, 0.2) is 5.96 Å². The summed E-state index contributed by atoms with van der Waals surface area (Å²) in [6.07, 6.45) is 0.261. The van der Waals surface area contributed by atoms with Crippen molar-refractivity contribution in [1.82, 2.24) is 10.2 Å². The molecule has 0 spiro atoms. The minimum absolute atomic E-state index is 0. The van der Waals surface area contributed by atoms with Crippen molar-refractivity contribution in [1.29, 1.82) is 0 Å². The summed E-state index contributed by atoms with van der Waals surface area (Å²) in [4.78, 5) is 6.36. The molecule has 0 aliphatic carbocycles. The molecule has 0 aromatic heterocycles. The standard InChI is InChI=1S/C18H21F2N3.HI/c1-23(2)18(22-13-14-7-4-3-5-8-14)21-12-11-15-16(19)9-6-10-17(15)20;/h3-10H,11-13H2,1-2H3,(H,21,22);1H. The van der Waals surface area contributed by atoms with E-state index in [9.17, 15) is 8.78 Å². The van der Waals surface area contributed by atoms with E-state index in [0.717, 1.165) is 5.56 Å². The van der Waals surface area contributed by atoms with Crippen LogP contribution in [0.25, 0.3) is 0 Å². The van der Waals surface area contributed by atoms with E-state index in [4.69, 9.17) is 0 Å². The fourth-order valence-electron chi connectivity index (χ4n) is 2.18. The molecule has 0 heterocycles. The minimum atomic E-state index is -0.514. The first-order valence-electron chi connectivity index (χ1n) is 7.50. The number of benzene rings is 2. The molecule has 0 aliphatic rings. The van der Waals surface area contributed by atoms with E-state index < -0.39 is 11.6 Å². The second-order valence-corrected chi connectivity index (χ2v) is 5.40. The Morgan fingerprint density at radius 2 is 1.62 bits per heavy atom. The zero-order valence-electron chi connectivity index (χ0n) is 13.8. The third kappa shape index (κ3) is 6.07. The predicted molar refractivity (Wildman–Crippen MR) is 105 cm³/mol. The summed E-state index contributed by atoms with van der Waals surface area (Å²) in [6.45, 7) is 0.957. The van der Waals surface area contributed by atoms with Gasteiger partial charge in [-0.2, -0.15) is 0 Å². The molecule has 2 aromatic carbocycles. The topological polar surface area (TPSA) is 27.6 Å². The Bertz CT molecular complexity index is 640. The first-order valence-corrected chi connectivity index (χ1v) is 7.50. The zero-order chi connectivity index (χ0) is 16.7. The van der Waals surface area contributed by atoms with Gasteiger partial charge in [0.25, 0.3) is 0 Å². The lowest BCUT2D eigenvalue weighted by Gasteiger charge is -2.18. The third-order valence-corrected chi connectivity index (χ3v) is 3.40. The van der Waals surface area contributed by atoms with E-state index in [0.29, 0.717) is 19.0 Å². The molecule has 2 aromatic rings. The van der Waals surface area contributed by atoms with Gasteiger partial charge in [0.1, 0.15) is 11.6 Å². The maximum atomic E-state index is 13.6. The summed E-state index contributed by atoms with van der Waals surface area (Å²) in [5.41, 5.74) is 1.20. The van der Waals surface area contributed by atoms with Gasteiger partial charge in [-0.15, -0.1) is 24.0 Å². The summed E-state index contributed by atoms with van der Waals surface area (Å²) in [6, 6.07) is 13.8. The van der Waals surface area contributed by atoms with E-state index in [-0.39, 0.29) is 36.0 Å². The molecule has 0 radical (unpaired) electrons. The molecule has 0 amide bonds. The number of nitrogens with one attached hydrogen (secondary N) is 1. The molecular weight excluding hydrogens is 423 g/mol. The van der Waals surface area contributed by atoms with Crippen LogP contribution in [0.3, 0.4) is 0 Å². The summed E-state index contributed by atoms with van der Waals surface area (Å²) < 4.78 is 27.2. The number of hydrogen-bond acceptors (Lipinski definition) is 1. The molecular formula is C18H22F2IN3. The number of nitrogens with zero attached hydrogens (tertiary/aromatic N) is 2. The van der Waals surface area contributed by atoms with Crippen molar-refractivity contribution in [2.75, 3.05) is 20.6 Å². The SMILES string of the molecule is CN(C)C(=NCc1ccccc1)NCCc1c(F)cccc1F.I.